The fourth-order valence-electron chi connectivity index (χ4n) is 7.18. The number of hydrogen-bond acceptors (Lipinski definition) is 4. The first-order chi connectivity index (χ1) is 21.0. The summed E-state index contributed by atoms with van der Waals surface area (Å²) in [5, 5.41) is 4.26. The minimum atomic E-state index is -0.711. The van der Waals surface area contributed by atoms with Crippen LogP contribution in [0.1, 0.15) is 78.2 Å². The van der Waals surface area contributed by atoms with Crippen molar-refractivity contribution >= 4 is 34.4 Å². The van der Waals surface area contributed by atoms with Crippen LogP contribution in [0.25, 0.3) is 10.9 Å². The zero-order valence-corrected chi connectivity index (χ0v) is 24.3. The van der Waals surface area contributed by atoms with Crippen LogP contribution < -0.4 is 15.0 Å². The molecule has 43 heavy (non-hydrogen) atoms. The first-order valence-corrected chi connectivity index (χ1v) is 15.3. The van der Waals surface area contributed by atoms with Crippen molar-refractivity contribution in [1.82, 2.24) is 15.2 Å². The molecule has 2 atom stereocenters. The molecule has 2 unspecified atom stereocenters. The molecule has 3 aliphatic rings. The van der Waals surface area contributed by atoms with E-state index in [0.717, 1.165) is 53.4 Å². The first kappa shape index (κ1) is 27.3. The van der Waals surface area contributed by atoms with Gasteiger partial charge in [-0.15, -0.1) is 0 Å². The van der Waals surface area contributed by atoms with Crippen LogP contribution in [0.5, 0.6) is 5.75 Å². The summed E-state index contributed by atoms with van der Waals surface area (Å²) in [6.45, 7) is 0. The van der Waals surface area contributed by atoms with Crippen LogP contribution in [-0.2, 0) is 11.2 Å². The topological polar surface area (TPSA) is 94.7 Å². The Labute approximate surface area is 251 Å². The summed E-state index contributed by atoms with van der Waals surface area (Å²) in [5.74, 6) is 0.107. The van der Waals surface area contributed by atoms with Gasteiger partial charge in [0.25, 0.3) is 11.8 Å². The molecule has 2 aliphatic heterocycles. The molecule has 2 N–H and O–H groups in total. The number of H-pyrrole nitrogens is 1. The fourth-order valence-corrected chi connectivity index (χ4v) is 7.18. The van der Waals surface area contributed by atoms with Gasteiger partial charge >= 0.3 is 6.03 Å². The highest BCUT2D eigenvalue weighted by molar-refractivity contribution is 6.24. The van der Waals surface area contributed by atoms with E-state index in [-0.39, 0.29) is 17.9 Å². The van der Waals surface area contributed by atoms with Crippen LogP contribution in [0, 0.1) is 0 Å². The Morgan fingerprint density at radius 3 is 2.47 bits per heavy atom. The number of para-hydroxylation sites is 2. The van der Waals surface area contributed by atoms with Crippen molar-refractivity contribution in [3.05, 3.63) is 95.2 Å². The molecule has 0 spiro atoms. The maximum Gasteiger partial charge on any atom is 0.332 e. The van der Waals surface area contributed by atoms with Gasteiger partial charge in [0.15, 0.2) is 0 Å². The second kappa shape index (κ2) is 11.2. The van der Waals surface area contributed by atoms with Crippen molar-refractivity contribution < 1.29 is 19.1 Å². The second-order valence-corrected chi connectivity index (χ2v) is 11.9. The number of benzene rings is 3. The smallest absolute Gasteiger partial charge is 0.332 e. The van der Waals surface area contributed by atoms with E-state index in [1.54, 1.807) is 36.3 Å². The van der Waals surface area contributed by atoms with Gasteiger partial charge in [-0.2, -0.15) is 0 Å². The van der Waals surface area contributed by atoms with Crippen molar-refractivity contribution in [3.8, 4) is 5.75 Å². The van der Waals surface area contributed by atoms with Crippen LogP contribution in [0.3, 0.4) is 0 Å². The average Bonchev–Trinajstić information content (AvgIpc) is 3.51. The van der Waals surface area contributed by atoms with Gasteiger partial charge in [0.05, 0.1) is 18.4 Å². The highest BCUT2D eigenvalue weighted by atomic mass is 16.5. The van der Waals surface area contributed by atoms with Crippen LogP contribution in [-0.4, -0.2) is 46.9 Å². The van der Waals surface area contributed by atoms with Gasteiger partial charge < -0.3 is 15.0 Å². The predicted octanol–water partition coefficient (Wildman–Crippen LogP) is 6.50. The maximum absolute atomic E-state index is 14.4. The highest BCUT2D eigenvalue weighted by Gasteiger charge is 2.53. The minimum absolute atomic E-state index is 0.0907. The Bertz CT molecular complexity index is 1700. The second-order valence-electron chi connectivity index (χ2n) is 11.9. The van der Waals surface area contributed by atoms with Crippen molar-refractivity contribution in [1.29, 1.82) is 0 Å². The van der Waals surface area contributed by atoms with E-state index in [4.69, 9.17) is 4.74 Å². The van der Waals surface area contributed by atoms with Crippen molar-refractivity contribution in [2.75, 3.05) is 12.0 Å². The van der Waals surface area contributed by atoms with Crippen LogP contribution >= 0.6 is 0 Å². The maximum atomic E-state index is 14.4. The number of fused-ring (bicyclic) bond motifs is 4. The molecule has 1 aromatic heterocycles. The van der Waals surface area contributed by atoms with Gasteiger partial charge in [-0.05, 0) is 54.3 Å². The van der Waals surface area contributed by atoms with E-state index < -0.39 is 18.1 Å². The number of carbonyl (C=O) groups is 3. The molecule has 1 saturated carbocycles. The number of methoxy groups -OCH3 is 1. The molecule has 4 aromatic rings. The summed E-state index contributed by atoms with van der Waals surface area (Å²) in [6.07, 6.45) is 8.07. The molecular formula is C35H36N4O4. The number of hydrogen-bond donors (Lipinski definition) is 2. The van der Waals surface area contributed by atoms with Gasteiger partial charge in [0.1, 0.15) is 17.8 Å². The molecule has 0 radical (unpaired) electrons. The zero-order valence-electron chi connectivity index (χ0n) is 24.3. The molecule has 1 aliphatic carbocycles. The average molecular weight is 577 g/mol. The Morgan fingerprint density at radius 2 is 1.65 bits per heavy atom. The number of urea groups is 1. The Balaban J connectivity index is 1.28. The number of rotatable bonds is 5. The van der Waals surface area contributed by atoms with Crippen LogP contribution in [0.15, 0.2) is 72.8 Å². The molecule has 220 valence electrons. The number of ether oxygens (including phenoxy) is 1. The third kappa shape index (κ3) is 4.75. The number of nitrogens with zero attached hydrogens (tertiary/aromatic N) is 2. The van der Waals surface area contributed by atoms with Crippen LogP contribution in [0.2, 0.25) is 0 Å². The van der Waals surface area contributed by atoms with E-state index in [2.05, 4.69) is 16.4 Å². The van der Waals surface area contributed by atoms with E-state index >= 15 is 0 Å². The lowest BCUT2D eigenvalue weighted by Gasteiger charge is -2.36. The summed E-state index contributed by atoms with van der Waals surface area (Å²) < 4.78 is 5.53. The Kier molecular flexibility index (Phi) is 7.13. The highest BCUT2D eigenvalue weighted by Crippen LogP contribution is 2.45. The SMILES string of the molecule is COc1cccc(C2c3[nH]c4ccccc4c3CC3C(=O)N(c4ccccc4C(=O)NC4CCCCCCC4)C(=O)N32)c1. The summed E-state index contributed by atoms with van der Waals surface area (Å²) in [4.78, 5) is 48.8. The van der Waals surface area contributed by atoms with Crippen molar-refractivity contribution in [3.63, 3.8) is 0 Å². The third-order valence-electron chi connectivity index (χ3n) is 9.29. The van der Waals surface area contributed by atoms with E-state index in [1.165, 1.54) is 24.2 Å². The van der Waals surface area contributed by atoms with Crippen molar-refractivity contribution in [2.24, 2.45) is 0 Å². The van der Waals surface area contributed by atoms with Gasteiger partial charge in [-0.1, -0.05) is 74.6 Å². The molecule has 8 nitrogen and oxygen atoms in total. The summed E-state index contributed by atoms with van der Waals surface area (Å²) in [5.41, 5.74) is 4.40. The van der Waals surface area contributed by atoms with Crippen molar-refractivity contribution in [2.45, 2.75) is 69.5 Å². The van der Waals surface area contributed by atoms with Gasteiger partial charge in [0, 0.05) is 29.1 Å². The molecule has 7 rings (SSSR count). The molecule has 4 amide bonds. The number of aromatic amines is 1. The lowest BCUT2D eigenvalue weighted by atomic mass is 9.89. The first-order valence-electron chi connectivity index (χ1n) is 15.3. The monoisotopic (exact) mass is 576 g/mol. The fraction of sp³-hybridized carbons (Fsp3) is 0.343. The molecule has 8 heteroatoms. The molecule has 2 fully saturated rings. The number of nitrogens with one attached hydrogen (secondary N) is 2. The zero-order chi connectivity index (χ0) is 29.5. The Hall–Kier alpha value is -4.59. The summed E-state index contributed by atoms with van der Waals surface area (Å²) in [7, 11) is 1.61. The number of carbonyl (C=O) groups excluding carboxylic acids is 3. The van der Waals surface area contributed by atoms with Gasteiger partial charge in [-0.3, -0.25) is 14.5 Å². The minimum Gasteiger partial charge on any atom is -0.497 e. The Morgan fingerprint density at radius 1 is 0.907 bits per heavy atom. The molecular weight excluding hydrogens is 540 g/mol. The van der Waals surface area contributed by atoms with E-state index in [0.29, 0.717) is 23.4 Å². The van der Waals surface area contributed by atoms with E-state index in [9.17, 15) is 14.4 Å². The summed E-state index contributed by atoms with van der Waals surface area (Å²) in [6, 6.07) is 21.1. The van der Waals surface area contributed by atoms with Gasteiger partial charge in [-0.25, -0.2) is 9.69 Å². The third-order valence-corrected chi connectivity index (χ3v) is 9.29. The number of aromatic nitrogens is 1. The number of anilines is 1. The molecule has 0 bridgehead atoms. The predicted molar refractivity (Wildman–Crippen MR) is 165 cm³/mol. The number of amides is 4. The molecule has 1 saturated heterocycles. The molecule has 3 aromatic carbocycles. The lowest BCUT2D eigenvalue weighted by molar-refractivity contribution is -0.120. The molecule has 3 heterocycles. The largest absolute Gasteiger partial charge is 0.497 e. The quantitative estimate of drug-likeness (QED) is 0.265. The lowest BCUT2D eigenvalue weighted by Crippen LogP contribution is -2.44. The number of imide groups is 1. The van der Waals surface area contributed by atoms with Gasteiger partial charge in [0.2, 0.25) is 0 Å². The summed E-state index contributed by atoms with van der Waals surface area (Å²) >= 11 is 0. The standard InChI is InChI=1S/C35H36N4O4/c1-43-24-15-11-12-22(20-24)32-31-27(25-16-7-9-18-28(25)37-31)21-30-34(41)39(35(42)38(30)32)29-19-10-8-17-26(29)33(40)36-23-13-5-3-2-4-6-14-23/h7-12,15-20,23,30,32,37H,2-6,13-14,21H2,1H3,(H,36,40). The van der Waals surface area contributed by atoms with Crippen LogP contribution in [0.4, 0.5) is 10.5 Å². The normalized spacial score (nSPS) is 20.9. The van der Waals surface area contributed by atoms with E-state index in [1.807, 2.05) is 42.5 Å².